The predicted molar refractivity (Wildman–Crippen MR) is 338 cm³/mol. The second kappa shape index (κ2) is 53.3. The van der Waals surface area contributed by atoms with Crippen LogP contribution < -0.4 is 43.1 Å². The molecule has 447 valence electrons. The maximum Gasteiger partial charge on any atom is 2.00 e. The van der Waals surface area contributed by atoms with Crippen LogP contribution in [-0.4, -0.2) is 57.6 Å². The Hall–Kier alpha value is -4.73. The predicted octanol–water partition coefficient (Wildman–Crippen LogP) is 20.3. The summed E-state index contributed by atoms with van der Waals surface area (Å²) in [7, 11) is 6.22. The molecule has 9 nitrogen and oxygen atoms in total. The molecule has 81 heavy (non-hydrogen) atoms. The van der Waals surface area contributed by atoms with Gasteiger partial charge < -0.3 is 43.1 Å². The third-order valence-corrected chi connectivity index (χ3v) is 9.84. The molecule has 0 saturated carbocycles. The monoisotopic (exact) mass is 1220 g/mol. The summed E-state index contributed by atoms with van der Waals surface area (Å²) >= 11 is 0. The van der Waals surface area contributed by atoms with E-state index in [0.717, 1.165) is 34.3 Å². The first-order valence-electron chi connectivity index (χ1n) is 28.7. The molecule has 6 aromatic carbocycles. The van der Waals surface area contributed by atoms with Gasteiger partial charge in [0.2, 0.25) is 0 Å². The van der Waals surface area contributed by atoms with Crippen LogP contribution in [0, 0.1) is 36.4 Å². The summed E-state index contributed by atoms with van der Waals surface area (Å²) in [5.74, 6) is 6.17. The Kier molecular flexibility index (Phi) is 57.6. The van der Waals surface area contributed by atoms with Crippen LogP contribution in [0.3, 0.4) is 0 Å². The molecule has 0 N–H and O–H groups in total. The van der Waals surface area contributed by atoms with Crippen LogP contribution >= 0.6 is 0 Å². The summed E-state index contributed by atoms with van der Waals surface area (Å²) in [5, 5.41) is 0. The molecule has 0 spiro atoms. The molecule has 0 atom stereocenters. The van der Waals surface area contributed by atoms with E-state index in [-0.39, 0.29) is 74.0 Å². The number of hydrogen-bond acceptors (Lipinski definition) is 9. The Morgan fingerprint density at radius 2 is 0.457 bits per heavy atom. The van der Waals surface area contributed by atoms with Crippen molar-refractivity contribution in [3.63, 3.8) is 0 Å². The largest absolute Gasteiger partial charge is 2.00 e. The quantitative estimate of drug-likeness (QED) is 0.0783. The number of ether oxygens (including phenoxy) is 6. The number of hydrogen-bond donors (Lipinski definition) is 0. The molecule has 0 aromatic heterocycles. The summed E-state index contributed by atoms with van der Waals surface area (Å²) in [6.45, 7) is 48.9. The molecule has 12 heteroatoms. The summed E-state index contributed by atoms with van der Waals surface area (Å²) in [6.07, 6.45) is 0.369. The van der Waals surface area contributed by atoms with Crippen molar-refractivity contribution in [3.05, 3.63) is 146 Å². The standard InChI is InChI=1S/C20H26N2O.C19H23NO2.C18H20O3.6C2H6.3V/c1-15(2)21(5)17-9-7-11-19(13-17)23-20-12-8-10-18(14-20)22(6)16(3)4;1-14(2)20(5)16-8-6-9-17(12-16)22-19-11-7-10-18(13-19)21-15(3)4;1-13(2)19-15-7-5-9-17(11-15)21-18-10-6-8-16(12-18)20-14(3)4;6*1-2;;;/h7-10,13-16H,1-6H3;6-8,10,12-15H,1-5H3;5-8,11-14H,1-4H3;6*1-2H3;;;/q3*-2;;;;;;;3*+2. The van der Waals surface area contributed by atoms with Crippen molar-refractivity contribution < 1.29 is 84.1 Å². The van der Waals surface area contributed by atoms with Gasteiger partial charge >= 0.3 is 55.7 Å². The molecule has 0 fully saturated rings. The molecule has 6 aromatic rings. The molecule has 6 rings (SSSR count). The number of benzene rings is 6. The molecule has 0 heterocycles. The van der Waals surface area contributed by atoms with Gasteiger partial charge in [0.1, 0.15) is 0 Å². The van der Waals surface area contributed by atoms with Crippen LogP contribution in [0.5, 0.6) is 51.7 Å². The van der Waals surface area contributed by atoms with Gasteiger partial charge in [-0.15, -0.1) is 91.0 Å². The Morgan fingerprint density at radius 3 is 0.630 bits per heavy atom. The first-order chi connectivity index (χ1) is 37.4. The Bertz CT molecular complexity index is 2260. The Morgan fingerprint density at radius 1 is 0.284 bits per heavy atom. The SMILES string of the molecule is CC.CC.CC.CC.CC.CC.CC(C)N(C)c1cc[c-]c(Oc2[c-]ccc(N(C)C(C)C)c2)c1.CC(C)Oc1cc[c-]c(Oc2[c-]ccc(N(C)C(C)C)c2)c1.CC(C)Oc1cc[c-]c(Oc2[c-]ccc(OC(C)C)c2)c1.[V+2].[V+2].[V+2]. The van der Waals surface area contributed by atoms with E-state index in [2.05, 4.69) is 114 Å². The fraction of sp³-hybridized carbons (Fsp3) is 0.478. The molecular weight excluding hydrogens is 1120 g/mol. The molecule has 0 saturated heterocycles. The molecular formula is C69H105N3O6V3. The van der Waals surface area contributed by atoms with Gasteiger partial charge in [0.05, 0.1) is 18.3 Å². The molecule has 3 radical (unpaired) electrons. The van der Waals surface area contributed by atoms with Gasteiger partial charge in [-0.1, -0.05) is 118 Å². The van der Waals surface area contributed by atoms with E-state index in [0.29, 0.717) is 52.6 Å². The average molecular weight is 1230 g/mol. The zero-order valence-corrected chi connectivity index (χ0v) is 59.2. The zero-order chi connectivity index (χ0) is 60.3. The summed E-state index contributed by atoms with van der Waals surface area (Å²) < 4.78 is 34.5. The van der Waals surface area contributed by atoms with E-state index >= 15 is 0 Å². The smallest absolute Gasteiger partial charge is 0.516 e. The third kappa shape index (κ3) is 37.9. The summed E-state index contributed by atoms with van der Waals surface area (Å²) in [6, 6.07) is 54.0. The second-order valence-electron chi connectivity index (χ2n) is 17.3. The van der Waals surface area contributed by atoms with Crippen LogP contribution in [0.25, 0.3) is 0 Å². The van der Waals surface area contributed by atoms with E-state index < -0.39 is 0 Å². The number of rotatable bonds is 18. The van der Waals surface area contributed by atoms with Gasteiger partial charge in [0.15, 0.2) is 0 Å². The van der Waals surface area contributed by atoms with E-state index in [1.807, 2.05) is 216 Å². The molecule has 0 aliphatic heterocycles. The van der Waals surface area contributed by atoms with Gasteiger partial charge in [-0.05, 0) is 83.1 Å². The van der Waals surface area contributed by atoms with Crippen LogP contribution in [0.1, 0.15) is 166 Å². The number of nitrogens with zero attached hydrogens (tertiary/aromatic N) is 3. The molecule has 0 aliphatic rings. The first kappa shape index (κ1) is 87.5. The Labute approximate surface area is 533 Å². The normalized spacial score (nSPS) is 9.30. The minimum absolute atomic E-state index is 0. The van der Waals surface area contributed by atoms with E-state index in [1.54, 1.807) is 18.2 Å². The maximum absolute atomic E-state index is 5.96. The number of anilines is 3. The molecule has 0 aliphatic carbocycles. The van der Waals surface area contributed by atoms with Crippen molar-refractivity contribution >= 4 is 17.1 Å². The molecule has 0 amide bonds. The van der Waals surface area contributed by atoms with E-state index in [4.69, 9.17) is 28.4 Å². The average Bonchev–Trinajstić information content (AvgIpc) is 3.44. The van der Waals surface area contributed by atoms with Crippen LogP contribution in [0.2, 0.25) is 0 Å². The van der Waals surface area contributed by atoms with Crippen LogP contribution in [0.4, 0.5) is 17.1 Å². The third-order valence-electron chi connectivity index (χ3n) is 9.84. The fourth-order valence-electron chi connectivity index (χ4n) is 5.87. The zero-order valence-electron chi connectivity index (χ0n) is 55.0. The molecule has 0 unspecified atom stereocenters. The van der Waals surface area contributed by atoms with Crippen molar-refractivity contribution in [1.29, 1.82) is 0 Å². The summed E-state index contributed by atoms with van der Waals surface area (Å²) in [5.41, 5.74) is 3.33. The van der Waals surface area contributed by atoms with Crippen molar-refractivity contribution in [3.8, 4) is 51.7 Å². The van der Waals surface area contributed by atoms with Crippen molar-refractivity contribution in [2.75, 3.05) is 35.8 Å². The maximum atomic E-state index is 5.96. The minimum Gasteiger partial charge on any atom is -0.516 e. The van der Waals surface area contributed by atoms with Gasteiger partial charge in [-0.25, -0.2) is 0 Å². The van der Waals surface area contributed by atoms with Crippen LogP contribution in [0.15, 0.2) is 109 Å². The van der Waals surface area contributed by atoms with Crippen molar-refractivity contribution in [2.24, 2.45) is 0 Å². The van der Waals surface area contributed by atoms with Crippen molar-refractivity contribution in [2.45, 2.75) is 203 Å². The van der Waals surface area contributed by atoms with Crippen molar-refractivity contribution in [1.82, 2.24) is 0 Å². The first-order valence-corrected chi connectivity index (χ1v) is 28.7. The topological polar surface area (TPSA) is 65.1 Å². The van der Waals surface area contributed by atoms with E-state index in [9.17, 15) is 0 Å². The summed E-state index contributed by atoms with van der Waals surface area (Å²) in [4.78, 5) is 6.59. The van der Waals surface area contributed by atoms with E-state index in [1.165, 1.54) is 0 Å². The van der Waals surface area contributed by atoms with Gasteiger partial charge in [-0.3, -0.25) is 0 Å². The Balaban J connectivity index is -0.000000234. The van der Waals surface area contributed by atoms with Crippen LogP contribution in [-0.2, 0) is 55.7 Å². The fourth-order valence-corrected chi connectivity index (χ4v) is 5.87. The molecule has 0 bridgehead atoms. The van der Waals surface area contributed by atoms with Gasteiger partial charge in [0.25, 0.3) is 0 Å². The second-order valence-corrected chi connectivity index (χ2v) is 17.3. The van der Waals surface area contributed by atoms with Gasteiger partial charge in [0, 0.05) is 91.0 Å². The van der Waals surface area contributed by atoms with Gasteiger partial charge in [-0.2, -0.15) is 36.4 Å². The minimum atomic E-state index is 0.